The summed E-state index contributed by atoms with van der Waals surface area (Å²) in [4.78, 5) is 19.0. The van der Waals surface area contributed by atoms with Gasteiger partial charge in [-0.3, -0.25) is 9.78 Å². The Morgan fingerprint density at radius 1 is 1.17 bits per heavy atom. The van der Waals surface area contributed by atoms with E-state index < -0.39 is 10.0 Å². The molecule has 3 rings (SSSR count). The molecule has 6 nitrogen and oxygen atoms in total. The van der Waals surface area contributed by atoms with Crippen molar-refractivity contribution in [2.75, 3.05) is 31.9 Å². The second-order valence-corrected chi connectivity index (χ2v) is 8.16. The molecule has 0 atom stereocenters. The molecule has 24 heavy (non-hydrogen) atoms. The van der Waals surface area contributed by atoms with Gasteiger partial charge in [0.05, 0.1) is 22.5 Å². The third-order valence-electron chi connectivity index (χ3n) is 4.43. The Hall–Kier alpha value is -1.99. The summed E-state index contributed by atoms with van der Waals surface area (Å²) in [7, 11) is -3.19. The molecule has 1 aliphatic rings. The van der Waals surface area contributed by atoms with E-state index in [1.165, 1.54) is 4.31 Å². The summed E-state index contributed by atoms with van der Waals surface area (Å²) in [6.45, 7) is 4.98. The minimum absolute atomic E-state index is 0.0840. The molecule has 0 bridgehead atoms. The number of fused-ring (bicyclic) bond motifs is 1. The molecule has 0 radical (unpaired) electrons. The topological polar surface area (TPSA) is 70.6 Å². The van der Waals surface area contributed by atoms with Crippen LogP contribution in [0.5, 0.6) is 0 Å². The number of carbonyl (C=O) groups is 1. The number of sulfonamides is 1. The minimum Gasteiger partial charge on any atom is -0.336 e. The van der Waals surface area contributed by atoms with Gasteiger partial charge in [-0.05, 0) is 26.0 Å². The van der Waals surface area contributed by atoms with Crippen molar-refractivity contribution < 1.29 is 13.2 Å². The lowest BCUT2D eigenvalue weighted by molar-refractivity contribution is 0.0697. The van der Waals surface area contributed by atoms with Crippen molar-refractivity contribution in [2.45, 2.75) is 13.8 Å². The standard InChI is InChI=1S/C17H21N3O3S/c1-3-24(22,23)20-10-8-19(9-11-20)17(21)15-12-14-6-4-5-7-16(14)18-13(15)2/h4-7,12H,3,8-11H2,1-2H3. The summed E-state index contributed by atoms with van der Waals surface area (Å²) in [5.41, 5.74) is 2.15. The highest BCUT2D eigenvalue weighted by atomic mass is 32.2. The molecule has 0 saturated carbocycles. The molecule has 128 valence electrons. The molecule has 1 aliphatic heterocycles. The van der Waals surface area contributed by atoms with Crippen molar-refractivity contribution in [1.82, 2.24) is 14.2 Å². The fraction of sp³-hybridized carbons (Fsp3) is 0.412. The molecular weight excluding hydrogens is 326 g/mol. The number of benzene rings is 1. The van der Waals surface area contributed by atoms with Gasteiger partial charge in [-0.15, -0.1) is 0 Å². The zero-order valence-electron chi connectivity index (χ0n) is 13.9. The van der Waals surface area contributed by atoms with E-state index in [-0.39, 0.29) is 11.7 Å². The highest BCUT2D eigenvalue weighted by Crippen LogP contribution is 2.19. The molecule has 2 heterocycles. The number of hydrogen-bond acceptors (Lipinski definition) is 4. The normalized spacial score (nSPS) is 16.5. The number of aryl methyl sites for hydroxylation is 1. The predicted octanol–water partition coefficient (Wildman–Crippen LogP) is 1.65. The summed E-state index contributed by atoms with van der Waals surface area (Å²) in [6, 6.07) is 9.57. The summed E-state index contributed by atoms with van der Waals surface area (Å²) in [5.74, 6) is 0.00793. The van der Waals surface area contributed by atoms with Crippen LogP contribution in [0.2, 0.25) is 0 Å². The molecule has 1 saturated heterocycles. The first-order chi connectivity index (χ1) is 11.4. The van der Waals surface area contributed by atoms with Crippen LogP contribution < -0.4 is 0 Å². The van der Waals surface area contributed by atoms with Gasteiger partial charge < -0.3 is 4.90 Å². The van der Waals surface area contributed by atoms with Gasteiger partial charge in [0.15, 0.2) is 0 Å². The minimum atomic E-state index is -3.19. The van der Waals surface area contributed by atoms with Gasteiger partial charge in [-0.25, -0.2) is 8.42 Å². The Labute approximate surface area is 142 Å². The van der Waals surface area contributed by atoms with Gasteiger partial charge in [-0.1, -0.05) is 18.2 Å². The molecule has 1 fully saturated rings. The lowest BCUT2D eigenvalue weighted by atomic mass is 10.1. The van der Waals surface area contributed by atoms with E-state index in [2.05, 4.69) is 4.98 Å². The highest BCUT2D eigenvalue weighted by molar-refractivity contribution is 7.89. The molecule has 1 aromatic heterocycles. The fourth-order valence-corrected chi connectivity index (χ4v) is 4.04. The molecule has 0 spiro atoms. The first-order valence-electron chi connectivity index (χ1n) is 8.06. The second kappa shape index (κ2) is 6.49. The summed E-state index contributed by atoms with van der Waals surface area (Å²) in [5, 5.41) is 0.929. The maximum atomic E-state index is 12.8. The zero-order valence-corrected chi connectivity index (χ0v) is 14.7. The number of aromatic nitrogens is 1. The number of piperazine rings is 1. The first kappa shape index (κ1) is 16.9. The van der Waals surface area contributed by atoms with Crippen LogP contribution in [0.4, 0.5) is 0 Å². The lowest BCUT2D eigenvalue weighted by Crippen LogP contribution is -2.51. The SMILES string of the molecule is CCS(=O)(=O)N1CCN(C(=O)c2cc3ccccc3nc2C)CC1. The third-order valence-corrected chi connectivity index (χ3v) is 6.31. The molecule has 0 unspecified atom stereocenters. The first-order valence-corrected chi connectivity index (χ1v) is 9.67. The Morgan fingerprint density at radius 3 is 2.50 bits per heavy atom. The van der Waals surface area contributed by atoms with Gasteiger partial charge >= 0.3 is 0 Å². The van der Waals surface area contributed by atoms with Crippen LogP contribution in [-0.2, 0) is 10.0 Å². The third kappa shape index (κ3) is 3.14. The Morgan fingerprint density at radius 2 is 1.83 bits per heavy atom. The van der Waals surface area contributed by atoms with E-state index in [0.29, 0.717) is 37.4 Å². The average molecular weight is 347 g/mol. The fourth-order valence-electron chi connectivity index (χ4n) is 2.95. The monoisotopic (exact) mass is 347 g/mol. The number of rotatable bonds is 3. The number of hydrogen-bond donors (Lipinski definition) is 0. The smallest absolute Gasteiger partial charge is 0.255 e. The van der Waals surface area contributed by atoms with Gasteiger partial charge in [0.25, 0.3) is 5.91 Å². The van der Waals surface area contributed by atoms with E-state index in [1.54, 1.807) is 11.8 Å². The van der Waals surface area contributed by atoms with Crippen molar-refractivity contribution >= 4 is 26.8 Å². The van der Waals surface area contributed by atoms with Crippen LogP contribution in [0, 0.1) is 6.92 Å². The Bertz CT molecular complexity index is 872. The zero-order chi connectivity index (χ0) is 17.3. The molecule has 7 heteroatoms. The second-order valence-electron chi connectivity index (χ2n) is 5.91. The van der Waals surface area contributed by atoms with Gasteiger partial charge in [0, 0.05) is 31.6 Å². The number of para-hydroxylation sites is 1. The molecule has 0 N–H and O–H groups in total. The summed E-state index contributed by atoms with van der Waals surface area (Å²) >= 11 is 0. The molecule has 1 amide bonds. The molecule has 1 aromatic carbocycles. The number of nitrogens with zero attached hydrogens (tertiary/aromatic N) is 3. The van der Waals surface area contributed by atoms with Crippen molar-refractivity contribution in [2.24, 2.45) is 0 Å². The molecule has 2 aromatic rings. The van der Waals surface area contributed by atoms with E-state index in [9.17, 15) is 13.2 Å². The maximum Gasteiger partial charge on any atom is 0.255 e. The number of amides is 1. The summed E-state index contributed by atoms with van der Waals surface area (Å²) < 4.78 is 25.3. The van der Waals surface area contributed by atoms with Crippen molar-refractivity contribution in [1.29, 1.82) is 0 Å². The quantitative estimate of drug-likeness (QED) is 0.846. The maximum absolute atomic E-state index is 12.8. The van der Waals surface area contributed by atoms with Gasteiger partial charge in [0.2, 0.25) is 10.0 Å². The van der Waals surface area contributed by atoms with Crippen LogP contribution in [0.3, 0.4) is 0 Å². The van der Waals surface area contributed by atoms with Crippen LogP contribution in [0.25, 0.3) is 10.9 Å². The molecule has 0 aliphatic carbocycles. The number of pyridine rings is 1. The van der Waals surface area contributed by atoms with Crippen LogP contribution >= 0.6 is 0 Å². The van der Waals surface area contributed by atoms with Crippen LogP contribution in [0.1, 0.15) is 23.0 Å². The summed E-state index contributed by atoms with van der Waals surface area (Å²) in [6.07, 6.45) is 0. The Balaban J connectivity index is 1.80. The number of carbonyl (C=O) groups excluding carboxylic acids is 1. The van der Waals surface area contributed by atoms with Crippen molar-refractivity contribution in [3.63, 3.8) is 0 Å². The Kier molecular flexibility index (Phi) is 4.56. The van der Waals surface area contributed by atoms with Crippen molar-refractivity contribution in [3.8, 4) is 0 Å². The van der Waals surface area contributed by atoms with E-state index in [4.69, 9.17) is 0 Å². The van der Waals surface area contributed by atoms with Gasteiger partial charge in [0.1, 0.15) is 0 Å². The van der Waals surface area contributed by atoms with Gasteiger partial charge in [-0.2, -0.15) is 4.31 Å². The highest BCUT2D eigenvalue weighted by Gasteiger charge is 2.28. The van der Waals surface area contributed by atoms with E-state index in [0.717, 1.165) is 10.9 Å². The molecular formula is C17H21N3O3S. The average Bonchev–Trinajstić information content (AvgIpc) is 2.60. The predicted molar refractivity (Wildman–Crippen MR) is 93.4 cm³/mol. The van der Waals surface area contributed by atoms with E-state index in [1.807, 2.05) is 37.3 Å². The van der Waals surface area contributed by atoms with Crippen molar-refractivity contribution in [3.05, 3.63) is 41.6 Å². The van der Waals surface area contributed by atoms with Crippen LogP contribution in [0.15, 0.2) is 30.3 Å². The lowest BCUT2D eigenvalue weighted by Gasteiger charge is -2.34. The van der Waals surface area contributed by atoms with E-state index >= 15 is 0 Å². The largest absolute Gasteiger partial charge is 0.336 e. The van der Waals surface area contributed by atoms with Crippen LogP contribution in [-0.4, -0.2) is 60.4 Å².